The third-order valence-corrected chi connectivity index (χ3v) is 9.92. The van der Waals surface area contributed by atoms with Crippen molar-refractivity contribution in [2.75, 3.05) is 51.0 Å². The van der Waals surface area contributed by atoms with Gasteiger partial charge >= 0.3 is 6.18 Å². The lowest BCUT2D eigenvalue weighted by Gasteiger charge is -2.40. The molecule has 1 aromatic rings. The van der Waals surface area contributed by atoms with Crippen molar-refractivity contribution in [3.05, 3.63) is 86.2 Å². The van der Waals surface area contributed by atoms with E-state index in [0.29, 0.717) is 11.3 Å². The summed E-state index contributed by atoms with van der Waals surface area (Å²) in [6.07, 6.45) is 1.09. The summed E-state index contributed by atoms with van der Waals surface area (Å²) < 4.78 is 43.3. The molecule has 2 unspecified atom stereocenters. The van der Waals surface area contributed by atoms with Crippen molar-refractivity contribution in [2.24, 2.45) is 12.0 Å². The third-order valence-electron chi connectivity index (χ3n) is 8.48. The maximum atomic E-state index is 13.9. The predicted molar refractivity (Wildman–Crippen MR) is 178 cm³/mol. The van der Waals surface area contributed by atoms with Crippen LogP contribution >= 0.6 is 7.92 Å². The number of rotatable bonds is 6. The highest BCUT2D eigenvalue weighted by molar-refractivity contribution is 7.61. The van der Waals surface area contributed by atoms with Crippen LogP contribution in [0.25, 0.3) is 0 Å². The van der Waals surface area contributed by atoms with Crippen LogP contribution in [0, 0.1) is 13.8 Å². The van der Waals surface area contributed by atoms with Crippen LogP contribution in [0.4, 0.5) is 19.0 Å². The van der Waals surface area contributed by atoms with Gasteiger partial charge in [-0.2, -0.15) is 13.2 Å². The first-order chi connectivity index (χ1) is 20.6. The van der Waals surface area contributed by atoms with E-state index in [0.717, 1.165) is 55.4 Å². The number of nitrogens with one attached hydrogen (secondary N) is 2. The second-order valence-electron chi connectivity index (χ2n) is 12.2. The van der Waals surface area contributed by atoms with E-state index in [4.69, 9.17) is 4.99 Å². The van der Waals surface area contributed by atoms with Gasteiger partial charge in [0.05, 0.1) is 6.54 Å². The average Bonchev–Trinajstić information content (AvgIpc) is 2.96. The number of nitrogens with zero attached hydrogens (tertiary/aromatic N) is 4. The van der Waals surface area contributed by atoms with Gasteiger partial charge in [0.25, 0.3) is 5.56 Å². The molecule has 0 aromatic carbocycles. The van der Waals surface area contributed by atoms with E-state index in [1.165, 1.54) is 11.4 Å². The Hall–Kier alpha value is -3.10. The number of hydrogen-bond acceptors (Lipinski definition) is 6. The second kappa shape index (κ2) is 13.9. The first kappa shape index (κ1) is 33.8. The minimum atomic E-state index is -4.45. The van der Waals surface area contributed by atoms with E-state index >= 15 is 0 Å². The smallest absolute Gasteiger partial charge is 0.380 e. The molecule has 1 aromatic heterocycles. The molecule has 11 heteroatoms. The van der Waals surface area contributed by atoms with Crippen molar-refractivity contribution in [1.82, 2.24) is 20.1 Å². The average molecular weight is 631 g/mol. The molecular formula is C33H46F3N6OP. The van der Waals surface area contributed by atoms with Crippen LogP contribution in [0.1, 0.15) is 43.5 Å². The van der Waals surface area contributed by atoms with Crippen molar-refractivity contribution in [2.45, 2.75) is 58.9 Å². The molecule has 1 saturated heterocycles. The van der Waals surface area contributed by atoms with E-state index in [1.54, 1.807) is 31.5 Å². The second-order valence-corrected chi connectivity index (χ2v) is 14.5. The lowest BCUT2D eigenvalue weighted by molar-refractivity contribution is -0.146. The third kappa shape index (κ3) is 7.94. The molecule has 1 fully saturated rings. The molecule has 0 saturated carbocycles. The SMILES string of the molecule is CC1=CC=C(N[C@H](C)c2ccc(N3CCN(C4C=C(P(C)C)C(C)=NC4)CC3)n(C)c(=O)c(C)cc(C)c2)C(C(F)(F)F)N1. The molecule has 44 heavy (non-hydrogen) atoms. The molecule has 0 bridgehead atoms. The molecule has 0 spiro atoms. The fourth-order valence-corrected chi connectivity index (χ4v) is 7.21. The summed E-state index contributed by atoms with van der Waals surface area (Å²) in [4.78, 5) is 22.9. The fourth-order valence-electron chi connectivity index (χ4n) is 6.02. The van der Waals surface area contributed by atoms with Gasteiger partial charge in [-0.3, -0.25) is 19.3 Å². The van der Waals surface area contributed by atoms with Gasteiger partial charge in [0.1, 0.15) is 5.82 Å². The van der Waals surface area contributed by atoms with Crippen LogP contribution in [0.15, 0.2) is 69.0 Å². The Morgan fingerprint density at radius 2 is 1.73 bits per heavy atom. The highest BCUT2D eigenvalue weighted by atomic mass is 31.1. The molecule has 7 nitrogen and oxygen atoms in total. The molecule has 3 atom stereocenters. The van der Waals surface area contributed by atoms with Crippen LogP contribution < -0.4 is 21.1 Å². The Labute approximate surface area is 260 Å². The zero-order valence-corrected chi connectivity index (χ0v) is 28.0. The van der Waals surface area contributed by atoms with Gasteiger partial charge in [-0.1, -0.05) is 37.8 Å². The van der Waals surface area contributed by atoms with Crippen LogP contribution in [0.5, 0.6) is 0 Å². The van der Waals surface area contributed by atoms with Crippen molar-refractivity contribution in [3.8, 4) is 0 Å². The van der Waals surface area contributed by atoms with E-state index in [9.17, 15) is 18.0 Å². The summed E-state index contributed by atoms with van der Waals surface area (Å²) in [5.74, 6) is 0.768. The number of anilines is 1. The number of aromatic nitrogens is 1. The van der Waals surface area contributed by atoms with Gasteiger partial charge < -0.3 is 15.5 Å². The summed E-state index contributed by atoms with van der Waals surface area (Å²) in [6, 6.07) is 5.64. The van der Waals surface area contributed by atoms with Crippen molar-refractivity contribution in [1.29, 1.82) is 0 Å². The van der Waals surface area contributed by atoms with Crippen molar-refractivity contribution < 1.29 is 13.2 Å². The van der Waals surface area contributed by atoms with Crippen molar-refractivity contribution in [3.63, 3.8) is 0 Å². The Bertz CT molecular complexity index is 1480. The number of dihydropyridines is 2. The molecule has 240 valence electrons. The quantitative estimate of drug-likeness (QED) is 0.396. The van der Waals surface area contributed by atoms with Gasteiger partial charge in [0, 0.05) is 68.0 Å². The maximum Gasteiger partial charge on any atom is 0.414 e. The molecule has 0 amide bonds. The first-order valence-corrected chi connectivity index (χ1v) is 17.3. The van der Waals surface area contributed by atoms with Crippen LogP contribution in [0.2, 0.25) is 0 Å². The number of alkyl halides is 3. The minimum absolute atomic E-state index is 0.0668. The van der Waals surface area contributed by atoms with E-state index in [-0.39, 0.29) is 25.2 Å². The van der Waals surface area contributed by atoms with E-state index in [2.05, 4.69) is 46.8 Å². The van der Waals surface area contributed by atoms with Gasteiger partial charge in [0.2, 0.25) is 0 Å². The molecule has 0 radical (unpaired) electrons. The highest BCUT2D eigenvalue weighted by Crippen LogP contribution is 2.39. The van der Waals surface area contributed by atoms with E-state index < -0.39 is 18.3 Å². The fraction of sp³-hybridized carbons (Fsp3) is 0.515. The highest BCUT2D eigenvalue weighted by Gasteiger charge is 2.43. The minimum Gasteiger partial charge on any atom is -0.380 e. The van der Waals surface area contributed by atoms with Gasteiger partial charge in [0.15, 0.2) is 6.04 Å². The standard InChI is InChI=1S/C33H46F3N6OP/c1-21-17-22(2)32(43)40(6)30(42-15-13-41(14-16-42)27-19-29(44(7)8)25(5)37-20-27)12-10-26(18-21)24(4)39-28-11-9-23(3)38-31(28)33(34,35)36/h9-12,17-19,24,27,31,38-39H,13-16,20H2,1-8H3/t24-,27?,31?/m1/s1. The zero-order chi connectivity index (χ0) is 32.3. The summed E-state index contributed by atoms with van der Waals surface area (Å²) >= 11 is 0. The summed E-state index contributed by atoms with van der Waals surface area (Å²) in [6.45, 7) is 17.7. The first-order valence-electron chi connectivity index (χ1n) is 15.1. The normalized spacial score (nSPS) is 21.9. The molecule has 2 N–H and O–H groups in total. The Morgan fingerprint density at radius 3 is 2.36 bits per heavy atom. The van der Waals surface area contributed by atoms with Crippen LogP contribution in [0.3, 0.4) is 0 Å². The molecule has 3 aliphatic heterocycles. The number of piperazine rings is 1. The maximum absolute atomic E-state index is 13.9. The number of halogens is 3. The topological polar surface area (TPSA) is 64.9 Å². The summed E-state index contributed by atoms with van der Waals surface area (Å²) in [7, 11) is 1.56. The Kier molecular flexibility index (Phi) is 10.7. The number of hydrogen-bond donors (Lipinski definition) is 2. The lowest BCUT2D eigenvalue weighted by atomic mass is 10.0. The monoisotopic (exact) mass is 630 g/mol. The number of aryl methyl sites for hydroxylation is 2. The predicted octanol–water partition coefficient (Wildman–Crippen LogP) is 5.69. The molecular weight excluding hydrogens is 584 g/mol. The zero-order valence-electron chi connectivity index (χ0n) is 27.1. The lowest BCUT2D eigenvalue weighted by Crippen LogP contribution is -2.52. The van der Waals surface area contributed by atoms with Gasteiger partial charge in [-0.25, -0.2) is 0 Å². The number of aliphatic imine (C=N–C) groups is 1. The van der Waals surface area contributed by atoms with Crippen LogP contribution in [-0.2, 0) is 7.05 Å². The molecule has 0 aliphatic carbocycles. The largest absolute Gasteiger partial charge is 0.414 e. The van der Waals surface area contributed by atoms with E-state index in [1.807, 2.05) is 38.1 Å². The summed E-state index contributed by atoms with van der Waals surface area (Å²) in [5.41, 5.74) is 3.83. The molecule has 4 heterocycles. The van der Waals surface area contributed by atoms with Crippen LogP contribution in [-0.4, -0.2) is 79.5 Å². The Balaban J connectivity index is 1.64. The van der Waals surface area contributed by atoms with Gasteiger partial charge in [-0.15, -0.1) is 0 Å². The van der Waals surface area contributed by atoms with Gasteiger partial charge in [-0.05, 0) is 77.0 Å². The molecule has 4 rings (SSSR count). The van der Waals surface area contributed by atoms with Crippen molar-refractivity contribution >= 4 is 19.5 Å². The Morgan fingerprint density at radius 1 is 1.05 bits per heavy atom. The molecule has 3 aliphatic rings. The summed E-state index contributed by atoms with van der Waals surface area (Å²) in [5, 5.41) is 7.03. The number of allylic oxidation sites excluding steroid dienone is 4.